The standard InChI is InChI=1S/C15H31N3/c1-13-4-10-18(11-5-14(2)16-13)12-15-6-8-17(3)9-7-15/h13-16H,4-12H2,1-3H3. The Hall–Kier alpha value is -0.120. The number of piperidine rings is 1. The van der Waals surface area contributed by atoms with Crippen LogP contribution < -0.4 is 5.32 Å². The molecule has 0 aliphatic carbocycles. The normalized spacial score (nSPS) is 34.2. The fourth-order valence-electron chi connectivity index (χ4n) is 3.31. The molecule has 2 aliphatic heterocycles. The Morgan fingerprint density at radius 3 is 2.00 bits per heavy atom. The van der Waals surface area contributed by atoms with Gasteiger partial charge in [-0.2, -0.15) is 0 Å². The summed E-state index contributed by atoms with van der Waals surface area (Å²) in [7, 11) is 2.25. The molecule has 2 fully saturated rings. The Kier molecular flexibility index (Phi) is 5.46. The molecule has 0 saturated carbocycles. The lowest BCUT2D eigenvalue weighted by molar-refractivity contribution is 0.145. The van der Waals surface area contributed by atoms with E-state index in [1.165, 1.54) is 58.4 Å². The van der Waals surface area contributed by atoms with E-state index in [4.69, 9.17) is 0 Å². The smallest absolute Gasteiger partial charge is 0.00533 e. The summed E-state index contributed by atoms with van der Waals surface area (Å²) in [6, 6.07) is 1.36. The summed E-state index contributed by atoms with van der Waals surface area (Å²) >= 11 is 0. The van der Waals surface area contributed by atoms with Gasteiger partial charge in [-0.25, -0.2) is 0 Å². The van der Waals surface area contributed by atoms with Gasteiger partial charge in [-0.05, 0) is 78.7 Å². The van der Waals surface area contributed by atoms with Gasteiger partial charge in [-0.1, -0.05) is 0 Å². The first-order chi connectivity index (χ1) is 8.63. The number of hydrogen-bond donors (Lipinski definition) is 1. The van der Waals surface area contributed by atoms with Crippen LogP contribution in [0, 0.1) is 5.92 Å². The third kappa shape index (κ3) is 4.52. The maximum atomic E-state index is 3.68. The van der Waals surface area contributed by atoms with Gasteiger partial charge < -0.3 is 15.1 Å². The topological polar surface area (TPSA) is 18.5 Å². The van der Waals surface area contributed by atoms with E-state index in [1.807, 2.05) is 0 Å². The monoisotopic (exact) mass is 253 g/mol. The number of hydrogen-bond acceptors (Lipinski definition) is 3. The van der Waals surface area contributed by atoms with Gasteiger partial charge in [0.2, 0.25) is 0 Å². The molecule has 0 radical (unpaired) electrons. The summed E-state index contributed by atoms with van der Waals surface area (Å²) in [4.78, 5) is 5.20. The van der Waals surface area contributed by atoms with Crippen molar-refractivity contribution in [3.8, 4) is 0 Å². The maximum absolute atomic E-state index is 3.68. The van der Waals surface area contributed by atoms with Crippen LogP contribution in [0.3, 0.4) is 0 Å². The number of nitrogens with zero attached hydrogens (tertiary/aromatic N) is 2. The molecule has 0 aromatic rings. The highest BCUT2D eigenvalue weighted by atomic mass is 15.1. The number of likely N-dealkylation sites (tertiary alicyclic amines) is 1. The molecule has 106 valence electrons. The molecule has 18 heavy (non-hydrogen) atoms. The van der Waals surface area contributed by atoms with Gasteiger partial charge in [-0.15, -0.1) is 0 Å². The molecule has 2 unspecified atom stereocenters. The van der Waals surface area contributed by atoms with Crippen molar-refractivity contribution in [2.24, 2.45) is 5.92 Å². The molecular formula is C15H31N3. The van der Waals surface area contributed by atoms with Crippen molar-refractivity contribution in [3.05, 3.63) is 0 Å². The van der Waals surface area contributed by atoms with Crippen molar-refractivity contribution < 1.29 is 0 Å². The molecule has 2 rings (SSSR count). The van der Waals surface area contributed by atoms with Crippen molar-refractivity contribution in [2.45, 2.75) is 51.6 Å². The average molecular weight is 253 g/mol. The summed E-state index contributed by atoms with van der Waals surface area (Å²) in [5.74, 6) is 0.944. The molecular weight excluding hydrogens is 222 g/mol. The van der Waals surface area contributed by atoms with E-state index in [-0.39, 0.29) is 0 Å². The molecule has 2 aliphatic rings. The Balaban J connectivity index is 1.77. The number of rotatable bonds is 2. The van der Waals surface area contributed by atoms with Crippen molar-refractivity contribution in [1.29, 1.82) is 0 Å². The lowest BCUT2D eigenvalue weighted by Crippen LogP contribution is -2.45. The minimum absolute atomic E-state index is 0.681. The van der Waals surface area contributed by atoms with Crippen LogP contribution in [0.4, 0.5) is 0 Å². The predicted molar refractivity (Wildman–Crippen MR) is 78.0 cm³/mol. The zero-order valence-electron chi connectivity index (χ0n) is 12.5. The van der Waals surface area contributed by atoms with Crippen LogP contribution >= 0.6 is 0 Å². The van der Waals surface area contributed by atoms with Crippen molar-refractivity contribution in [1.82, 2.24) is 15.1 Å². The van der Waals surface area contributed by atoms with Gasteiger partial charge in [0, 0.05) is 18.6 Å². The lowest BCUT2D eigenvalue weighted by Gasteiger charge is -2.35. The summed E-state index contributed by atoms with van der Waals surface area (Å²) in [5.41, 5.74) is 0. The zero-order chi connectivity index (χ0) is 13.0. The maximum Gasteiger partial charge on any atom is 0.00533 e. The molecule has 3 heteroatoms. The van der Waals surface area contributed by atoms with Gasteiger partial charge in [0.1, 0.15) is 0 Å². The summed E-state index contributed by atoms with van der Waals surface area (Å²) in [6.45, 7) is 11.2. The fourth-order valence-corrected chi connectivity index (χ4v) is 3.31. The second-order valence-electron chi connectivity index (χ2n) is 6.59. The Labute approximate surface area is 113 Å². The molecule has 2 atom stereocenters. The van der Waals surface area contributed by atoms with Crippen LogP contribution in [0.15, 0.2) is 0 Å². The second-order valence-corrected chi connectivity index (χ2v) is 6.59. The van der Waals surface area contributed by atoms with E-state index in [2.05, 4.69) is 36.0 Å². The van der Waals surface area contributed by atoms with E-state index in [9.17, 15) is 0 Å². The first-order valence-electron chi connectivity index (χ1n) is 7.80. The van der Waals surface area contributed by atoms with Crippen LogP contribution in [-0.4, -0.2) is 61.7 Å². The summed E-state index contributed by atoms with van der Waals surface area (Å²) in [6.07, 6.45) is 5.40. The minimum Gasteiger partial charge on any atom is -0.312 e. The summed E-state index contributed by atoms with van der Waals surface area (Å²) < 4.78 is 0. The van der Waals surface area contributed by atoms with Crippen molar-refractivity contribution in [3.63, 3.8) is 0 Å². The molecule has 2 heterocycles. The molecule has 0 amide bonds. The number of nitrogens with one attached hydrogen (secondary N) is 1. The molecule has 0 bridgehead atoms. The van der Waals surface area contributed by atoms with Crippen molar-refractivity contribution >= 4 is 0 Å². The van der Waals surface area contributed by atoms with Gasteiger partial charge in [0.15, 0.2) is 0 Å². The highest BCUT2D eigenvalue weighted by Crippen LogP contribution is 2.18. The van der Waals surface area contributed by atoms with Gasteiger partial charge in [-0.3, -0.25) is 0 Å². The first kappa shape index (κ1) is 14.3. The highest BCUT2D eigenvalue weighted by molar-refractivity contribution is 4.78. The molecule has 0 aromatic carbocycles. The lowest BCUT2D eigenvalue weighted by atomic mass is 9.96. The zero-order valence-corrected chi connectivity index (χ0v) is 12.5. The average Bonchev–Trinajstić information content (AvgIpc) is 2.33. The predicted octanol–water partition coefficient (Wildman–Crippen LogP) is 1.79. The quantitative estimate of drug-likeness (QED) is 0.809. The highest BCUT2D eigenvalue weighted by Gasteiger charge is 2.21. The molecule has 3 nitrogen and oxygen atoms in total. The Bertz CT molecular complexity index is 224. The first-order valence-corrected chi connectivity index (χ1v) is 7.80. The van der Waals surface area contributed by atoms with Crippen LogP contribution in [0.5, 0.6) is 0 Å². The van der Waals surface area contributed by atoms with E-state index < -0.39 is 0 Å². The Morgan fingerprint density at radius 1 is 0.889 bits per heavy atom. The largest absolute Gasteiger partial charge is 0.312 e. The molecule has 1 N–H and O–H groups in total. The van der Waals surface area contributed by atoms with Crippen LogP contribution in [0.2, 0.25) is 0 Å². The van der Waals surface area contributed by atoms with Crippen LogP contribution in [0.25, 0.3) is 0 Å². The summed E-state index contributed by atoms with van der Waals surface area (Å²) in [5, 5.41) is 3.68. The minimum atomic E-state index is 0.681. The third-order valence-electron chi connectivity index (χ3n) is 4.68. The Morgan fingerprint density at radius 2 is 1.44 bits per heavy atom. The van der Waals surface area contributed by atoms with Crippen LogP contribution in [0.1, 0.15) is 39.5 Å². The van der Waals surface area contributed by atoms with E-state index in [0.29, 0.717) is 12.1 Å². The fraction of sp³-hybridized carbons (Fsp3) is 1.00. The van der Waals surface area contributed by atoms with Crippen molar-refractivity contribution in [2.75, 3.05) is 39.8 Å². The third-order valence-corrected chi connectivity index (χ3v) is 4.68. The van der Waals surface area contributed by atoms with Crippen LogP contribution in [-0.2, 0) is 0 Å². The molecule has 0 aromatic heterocycles. The van der Waals surface area contributed by atoms with E-state index >= 15 is 0 Å². The molecule has 0 spiro atoms. The van der Waals surface area contributed by atoms with Gasteiger partial charge >= 0.3 is 0 Å². The van der Waals surface area contributed by atoms with E-state index in [1.54, 1.807) is 0 Å². The van der Waals surface area contributed by atoms with Gasteiger partial charge in [0.05, 0.1) is 0 Å². The molecule has 2 saturated heterocycles. The van der Waals surface area contributed by atoms with Gasteiger partial charge in [0.25, 0.3) is 0 Å². The SMILES string of the molecule is CC1CCN(CC2CCN(C)CC2)CCC(C)N1. The van der Waals surface area contributed by atoms with E-state index in [0.717, 1.165) is 5.92 Å². The second kappa shape index (κ2) is 6.88.